The lowest BCUT2D eigenvalue weighted by Crippen LogP contribution is -2.46. The number of benzene rings is 2. The van der Waals surface area contributed by atoms with Crippen molar-refractivity contribution >= 4 is 69.5 Å². The van der Waals surface area contributed by atoms with Crippen LogP contribution in [0.15, 0.2) is 36.7 Å². The van der Waals surface area contributed by atoms with Gasteiger partial charge in [0.1, 0.15) is 33.0 Å². The molecule has 0 atom stereocenters. The lowest BCUT2D eigenvalue weighted by atomic mass is 10.2. The van der Waals surface area contributed by atoms with E-state index in [1.54, 1.807) is 13.1 Å². The third-order valence-electron chi connectivity index (χ3n) is 6.50. The van der Waals surface area contributed by atoms with Crippen LogP contribution in [-0.2, 0) is 0 Å². The standard InChI is InChI=1S/C26H30Cl3N7O3/c1-5-35-10-12-36(13-11-35)17-8-6-16(7-9-17)32-18-14-19(31-15-30-18)34(2)26(37)33-23-20(27)24(38-3)22(29)25(39-4)21(23)28/h6-9,14-15H,5,10-13H2,1-4H3,(H,33,37)(H,30,31,32). The van der Waals surface area contributed by atoms with Gasteiger partial charge in [0.25, 0.3) is 0 Å². The molecule has 13 heteroatoms. The van der Waals surface area contributed by atoms with Crippen molar-refractivity contribution in [1.82, 2.24) is 14.9 Å². The summed E-state index contributed by atoms with van der Waals surface area (Å²) in [5, 5.41) is 6.12. The first-order valence-electron chi connectivity index (χ1n) is 12.3. The molecular weight excluding hydrogens is 565 g/mol. The molecule has 1 fully saturated rings. The van der Waals surface area contributed by atoms with Gasteiger partial charge in [0.15, 0.2) is 11.5 Å². The molecule has 0 spiro atoms. The molecule has 1 aliphatic heterocycles. The summed E-state index contributed by atoms with van der Waals surface area (Å²) in [5.41, 5.74) is 2.14. The first-order chi connectivity index (χ1) is 18.8. The number of urea groups is 1. The average molecular weight is 595 g/mol. The fourth-order valence-corrected chi connectivity index (χ4v) is 5.32. The maximum absolute atomic E-state index is 13.1. The molecule has 3 aromatic rings. The van der Waals surface area contributed by atoms with E-state index in [1.165, 1.54) is 31.1 Å². The van der Waals surface area contributed by atoms with Crippen LogP contribution in [0.4, 0.5) is 33.5 Å². The number of likely N-dealkylation sites (N-methyl/N-ethyl adjacent to an activating group) is 1. The Morgan fingerprint density at radius 3 is 2.15 bits per heavy atom. The molecule has 2 heterocycles. The van der Waals surface area contributed by atoms with E-state index in [0.29, 0.717) is 11.6 Å². The molecule has 4 rings (SSSR count). The molecule has 39 heavy (non-hydrogen) atoms. The number of aromatic nitrogens is 2. The second-order valence-corrected chi connectivity index (χ2v) is 9.86. The number of nitrogens with one attached hydrogen (secondary N) is 2. The molecule has 2 aromatic carbocycles. The minimum atomic E-state index is -0.553. The summed E-state index contributed by atoms with van der Waals surface area (Å²) < 4.78 is 10.5. The number of carbonyl (C=O) groups excluding carboxylic acids is 1. The first kappa shape index (κ1) is 28.8. The van der Waals surface area contributed by atoms with Crippen LogP contribution < -0.4 is 29.9 Å². The van der Waals surface area contributed by atoms with Crippen molar-refractivity contribution in [3.63, 3.8) is 0 Å². The quantitative estimate of drug-likeness (QED) is 0.328. The van der Waals surface area contributed by atoms with Gasteiger partial charge in [-0.1, -0.05) is 41.7 Å². The normalized spacial score (nSPS) is 13.7. The van der Waals surface area contributed by atoms with E-state index < -0.39 is 6.03 Å². The van der Waals surface area contributed by atoms with Crippen molar-refractivity contribution in [1.29, 1.82) is 0 Å². The maximum Gasteiger partial charge on any atom is 0.327 e. The Hall–Kier alpha value is -3.18. The van der Waals surface area contributed by atoms with Crippen LogP contribution in [0.25, 0.3) is 0 Å². The van der Waals surface area contributed by atoms with Crippen molar-refractivity contribution in [2.24, 2.45) is 0 Å². The molecule has 1 saturated heterocycles. The van der Waals surface area contributed by atoms with Crippen LogP contribution in [-0.4, -0.2) is 74.9 Å². The summed E-state index contributed by atoms with van der Waals surface area (Å²) in [7, 11) is 4.35. The third-order valence-corrected chi connectivity index (χ3v) is 7.57. The number of halogens is 3. The molecule has 10 nitrogen and oxygen atoms in total. The lowest BCUT2D eigenvalue weighted by Gasteiger charge is -2.35. The molecule has 1 aromatic heterocycles. The summed E-state index contributed by atoms with van der Waals surface area (Å²) in [6, 6.07) is 9.30. The fourth-order valence-electron chi connectivity index (χ4n) is 4.21. The smallest absolute Gasteiger partial charge is 0.327 e. The Balaban J connectivity index is 1.45. The first-order valence-corrected chi connectivity index (χ1v) is 13.4. The minimum absolute atomic E-state index is 0.0378. The number of nitrogens with zero attached hydrogens (tertiary/aromatic N) is 5. The number of rotatable bonds is 8. The van der Waals surface area contributed by atoms with E-state index in [1.807, 2.05) is 12.1 Å². The van der Waals surface area contributed by atoms with Crippen molar-refractivity contribution in [3.8, 4) is 11.5 Å². The molecule has 2 N–H and O–H groups in total. The van der Waals surface area contributed by atoms with Crippen molar-refractivity contribution in [3.05, 3.63) is 51.7 Å². The lowest BCUT2D eigenvalue weighted by molar-refractivity contribution is 0.258. The van der Waals surface area contributed by atoms with Gasteiger partial charge in [-0.25, -0.2) is 14.8 Å². The summed E-state index contributed by atoms with van der Waals surface area (Å²) in [5.74, 6) is 1.12. The monoisotopic (exact) mass is 593 g/mol. The summed E-state index contributed by atoms with van der Waals surface area (Å²) in [6.07, 6.45) is 1.37. The van der Waals surface area contributed by atoms with Gasteiger partial charge >= 0.3 is 6.03 Å². The zero-order valence-electron chi connectivity index (χ0n) is 22.1. The second-order valence-electron chi connectivity index (χ2n) is 8.73. The zero-order valence-corrected chi connectivity index (χ0v) is 24.4. The van der Waals surface area contributed by atoms with Crippen molar-refractivity contribution in [2.75, 3.05) is 74.4 Å². The maximum atomic E-state index is 13.1. The Bertz CT molecular complexity index is 1290. The van der Waals surface area contributed by atoms with Gasteiger partial charge in [-0.05, 0) is 30.8 Å². The van der Waals surface area contributed by atoms with Crippen LogP contribution in [0, 0.1) is 0 Å². The zero-order chi connectivity index (χ0) is 28.1. The molecule has 208 valence electrons. The highest BCUT2D eigenvalue weighted by atomic mass is 35.5. The van der Waals surface area contributed by atoms with E-state index in [4.69, 9.17) is 44.3 Å². The van der Waals surface area contributed by atoms with E-state index in [9.17, 15) is 4.79 Å². The molecule has 0 saturated carbocycles. The minimum Gasteiger partial charge on any atom is -0.493 e. The Kier molecular flexibility index (Phi) is 9.45. The van der Waals surface area contributed by atoms with Gasteiger partial charge in [-0.15, -0.1) is 0 Å². The number of amides is 2. The van der Waals surface area contributed by atoms with Gasteiger partial charge in [0, 0.05) is 50.7 Å². The largest absolute Gasteiger partial charge is 0.493 e. The summed E-state index contributed by atoms with van der Waals surface area (Å²) in [6.45, 7) is 7.43. The SMILES string of the molecule is CCN1CCN(c2ccc(Nc3cc(N(C)C(=O)Nc4c(Cl)c(OC)c(Cl)c(OC)c4Cl)ncn3)cc2)CC1. The fraction of sp³-hybridized carbons (Fsp3) is 0.346. The molecular formula is C26H30Cl3N7O3. The molecule has 0 unspecified atom stereocenters. The number of piperazine rings is 1. The number of hydrogen-bond donors (Lipinski definition) is 2. The molecule has 0 radical (unpaired) electrons. The van der Waals surface area contributed by atoms with Gasteiger partial charge in [-0.3, -0.25) is 4.90 Å². The third kappa shape index (κ3) is 6.36. The van der Waals surface area contributed by atoms with Crippen molar-refractivity contribution in [2.45, 2.75) is 6.92 Å². The predicted octanol–water partition coefficient (Wildman–Crippen LogP) is 6.01. The van der Waals surface area contributed by atoms with E-state index in [0.717, 1.165) is 38.4 Å². The average Bonchev–Trinajstić information content (AvgIpc) is 2.96. The van der Waals surface area contributed by atoms with E-state index in [2.05, 4.69) is 49.5 Å². The Labute approximate surface area is 242 Å². The van der Waals surface area contributed by atoms with Crippen LogP contribution in [0.1, 0.15) is 6.92 Å². The van der Waals surface area contributed by atoms with Gasteiger partial charge in [0.2, 0.25) is 0 Å². The number of carbonyl (C=O) groups is 1. The van der Waals surface area contributed by atoms with Gasteiger partial charge < -0.3 is 29.9 Å². The van der Waals surface area contributed by atoms with Crippen LogP contribution in [0.3, 0.4) is 0 Å². The van der Waals surface area contributed by atoms with Gasteiger partial charge in [0.05, 0.1) is 19.9 Å². The van der Waals surface area contributed by atoms with Crippen LogP contribution in [0.5, 0.6) is 11.5 Å². The van der Waals surface area contributed by atoms with E-state index in [-0.39, 0.29) is 32.3 Å². The Morgan fingerprint density at radius 1 is 0.974 bits per heavy atom. The molecule has 2 amide bonds. The highest BCUT2D eigenvalue weighted by Gasteiger charge is 2.25. The summed E-state index contributed by atoms with van der Waals surface area (Å²) in [4.78, 5) is 27.7. The summed E-state index contributed by atoms with van der Waals surface area (Å²) >= 11 is 19.1. The number of methoxy groups -OCH3 is 2. The predicted molar refractivity (Wildman–Crippen MR) is 158 cm³/mol. The number of ether oxygens (including phenoxy) is 2. The molecule has 0 bridgehead atoms. The molecule has 1 aliphatic rings. The van der Waals surface area contributed by atoms with Crippen LogP contribution >= 0.6 is 34.8 Å². The highest BCUT2D eigenvalue weighted by Crippen LogP contribution is 2.50. The van der Waals surface area contributed by atoms with Crippen molar-refractivity contribution < 1.29 is 14.3 Å². The number of hydrogen-bond acceptors (Lipinski definition) is 8. The second kappa shape index (κ2) is 12.8. The highest BCUT2D eigenvalue weighted by molar-refractivity contribution is 6.45. The molecule has 0 aliphatic carbocycles. The van der Waals surface area contributed by atoms with Crippen LogP contribution in [0.2, 0.25) is 15.1 Å². The van der Waals surface area contributed by atoms with Gasteiger partial charge in [-0.2, -0.15) is 0 Å². The topological polar surface area (TPSA) is 95.1 Å². The van der Waals surface area contributed by atoms with E-state index >= 15 is 0 Å². The Morgan fingerprint density at radius 2 is 1.59 bits per heavy atom. The number of anilines is 5.